The number of hydrogen-bond acceptors (Lipinski definition) is 6. The van der Waals surface area contributed by atoms with Gasteiger partial charge in [0.15, 0.2) is 0 Å². The smallest absolute Gasteiger partial charge is 0.255 e. The van der Waals surface area contributed by atoms with Gasteiger partial charge in [-0.2, -0.15) is 0 Å². The van der Waals surface area contributed by atoms with Crippen molar-refractivity contribution in [2.24, 2.45) is 0 Å². The van der Waals surface area contributed by atoms with E-state index < -0.39 is 24.4 Å². The molecule has 1 unspecified atom stereocenters. The van der Waals surface area contributed by atoms with Gasteiger partial charge in [0, 0.05) is 22.6 Å². The van der Waals surface area contributed by atoms with Crippen molar-refractivity contribution < 1.29 is 19.4 Å². The molecule has 26 heavy (non-hydrogen) atoms. The highest BCUT2D eigenvalue weighted by Gasteiger charge is 2.21. The molecule has 0 radical (unpaired) electrons. The van der Waals surface area contributed by atoms with Crippen LogP contribution in [0.2, 0.25) is 0 Å². The Morgan fingerprint density at radius 3 is 2.92 bits per heavy atom. The van der Waals surface area contributed by atoms with Crippen LogP contribution in [-0.2, 0) is 0 Å². The minimum atomic E-state index is -1.05. The second-order valence-electron chi connectivity index (χ2n) is 5.46. The molecule has 0 aliphatic carbocycles. The second-order valence-corrected chi connectivity index (χ2v) is 7.37. The maximum Gasteiger partial charge on any atom is 0.255 e. The number of carbonyl (C=O) groups excluding carboxylic acids is 1. The SMILES string of the molecule is O=C(NCC(O)CO)c1c(Nc2ccc(Br)cc2F)sc2ncccc12. The maximum absolute atomic E-state index is 14.2. The Hall–Kier alpha value is -2.07. The summed E-state index contributed by atoms with van der Waals surface area (Å²) in [7, 11) is 0. The largest absolute Gasteiger partial charge is 0.394 e. The molecule has 0 aliphatic heterocycles. The van der Waals surface area contributed by atoms with E-state index in [0.29, 0.717) is 25.3 Å². The first-order valence-corrected chi connectivity index (χ1v) is 9.27. The van der Waals surface area contributed by atoms with Crippen LogP contribution in [-0.4, -0.2) is 40.4 Å². The fourth-order valence-corrected chi connectivity index (χ4v) is 3.71. The number of aromatic nitrogens is 1. The topological polar surface area (TPSA) is 94.5 Å². The number of fused-ring (bicyclic) bond motifs is 1. The average Bonchev–Trinajstić information content (AvgIpc) is 2.99. The van der Waals surface area contributed by atoms with E-state index in [2.05, 4.69) is 31.5 Å². The molecule has 6 nitrogen and oxygen atoms in total. The standard InChI is InChI=1S/C17H15BrFN3O3S/c18-9-3-4-13(12(19)6-9)22-17-14(15(25)21-7-10(24)8-23)11-2-1-5-20-16(11)26-17/h1-6,10,22-24H,7-8H2,(H,21,25). The number of amides is 1. The van der Waals surface area contributed by atoms with Gasteiger partial charge in [0.1, 0.15) is 15.6 Å². The quantitative estimate of drug-likeness (QED) is 0.473. The highest BCUT2D eigenvalue weighted by molar-refractivity contribution is 9.10. The van der Waals surface area contributed by atoms with Gasteiger partial charge < -0.3 is 20.8 Å². The summed E-state index contributed by atoms with van der Waals surface area (Å²) in [5.41, 5.74) is 0.537. The molecular formula is C17H15BrFN3O3S. The average molecular weight is 440 g/mol. The molecule has 3 rings (SSSR count). The van der Waals surface area contributed by atoms with E-state index in [0.717, 1.165) is 0 Å². The molecule has 0 bridgehead atoms. The van der Waals surface area contributed by atoms with Crippen molar-refractivity contribution in [1.29, 1.82) is 0 Å². The predicted octanol–water partition coefficient (Wildman–Crippen LogP) is 3.02. The van der Waals surface area contributed by atoms with Crippen LogP contribution in [0, 0.1) is 5.82 Å². The fraction of sp³-hybridized carbons (Fsp3) is 0.176. The third-order valence-corrected chi connectivity index (χ3v) is 5.10. The van der Waals surface area contributed by atoms with E-state index in [4.69, 9.17) is 5.11 Å². The monoisotopic (exact) mass is 439 g/mol. The zero-order valence-corrected chi connectivity index (χ0v) is 15.8. The predicted molar refractivity (Wildman–Crippen MR) is 102 cm³/mol. The van der Waals surface area contributed by atoms with Crippen molar-refractivity contribution in [3.8, 4) is 0 Å². The summed E-state index contributed by atoms with van der Waals surface area (Å²) >= 11 is 4.43. The number of thiophene rings is 1. The summed E-state index contributed by atoms with van der Waals surface area (Å²) in [6.45, 7) is -0.555. The molecular weight excluding hydrogens is 425 g/mol. The Labute approximate surface area is 160 Å². The normalized spacial score (nSPS) is 12.2. The van der Waals surface area contributed by atoms with Crippen LogP contribution in [0.4, 0.5) is 15.1 Å². The number of carbonyl (C=O) groups is 1. The zero-order chi connectivity index (χ0) is 18.7. The summed E-state index contributed by atoms with van der Waals surface area (Å²) < 4.78 is 14.8. The molecule has 0 saturated carbocycles. The summed E-state index contributed by atoms with van der Waals surface area (Å²) in [4.78, 5) is 17.5. The van der Waals surface area contributed by atoms with Crippen LogP contribution in [0.15, 0.2) is 41.0 Å². The van der Waals surface area contributed by atoms with Crippen molar-refractivity contribution in [2.75, 3.05) is 18.5 Å². The molecule has 4 N–H and O–H groups in total. The van der Waals surface area contributed by atoms with Crippen molar-refractivity contribution in [1.82, 2.24) is 10.3 Å². The van der Waals surface area contributed by atoms with E-state index in [1.54, 1.807) is 30.5 Å². The Morgan fingerprint density at radius 2 is 2.19 bits per heavy atom. The number of aliphatic hydroxyl groups excluding tert-OH is 2. The van der Waals surface area contributed by atoms with Gasteiger partial charge in [-0.05, 0) is 30.3 Å². The molecule has 1 amide bonds. The zero-order valence-electron chi connectivity index (χ0n) is 13.4. The van der Waals surface area contributed by atoms with E-state index in [9.17, 15) is 14.3 Å². The Morgan fingerprint density at radius 1 is 1.38 bits per heavy atom. The molecule has 2 aromatic heterocycles. The number of anilines is 2. The van der Waals surface area contributed by atoms with Gasteiger partial charge >= 0.3 is 0 Å². The van der Waals surface area contributed by atoms with E-state index >= 15 is 0 Å². The molecule has 1 atom stereocenters. The van der Waals surface area contributed by atoms with Crippen LogP contribution >= 0.6 is 27.3 Å². The number of rotatable bonds is 6. The minimum Gasteiger partial charge on any atom is -0.394 e. The van der Waals surface area contributed by atoms with Crippen LogP contribution in [0.3, 0.4) is 0 Å². The first-order valence-electron chi connectivity index (χ1n) is 7.66. The number of benzene rings is 1. The number of aliphatic hydroxyl groups is 2. The Bertz CT molecular complexity index is 950. The highest BCUT2D eigenvalue weighted by atomic mass is 79.9. The lowest BCUT2D eigenvalue weighted by Crippen LogP contribution is -2.34. The minimum absolute atomic E-state index is 0.0982. The van der Waals surface area contributed by atoms with Gasteiger partial charge in [-0.15, -0.1) is 0 Å². The van der Waals surface area contributed by atoms with Crippen LogP contribution in [0.25, 0.3) is 10.2 Å². The molecule has 2 heterocycles. The third-order valence-electron chi connectivity index (χ3n) is 3.58. The van der Waals surface area contributed by atoms with Gasteiger partial charge in [0.2, 0.25) is 0 Å². The molecule has 3 aromatic rings. The van der Waals surface area contributed by atoms with Crippen LogP contribution in [0.5, 0.6) is 0 Å². The van der Waals surface area contributed by atoms with Crippen LogP contribution < -0.4 is 10.6 Å². The summed E-state index contributed by atoms with van der Waals surface area (Å²) in [6.07, 6.45) is 0.558. The number of pyridine rings is 1. The summed E-state index contributed by atoms with van der Waals surface area (Å²) in [5, 5.41) is 24.9. The lowest BCUT2D eigenvalue weighted by Gasteiger charge is -2.11. The second kappa shape index (κ2) is 8.09. The molecule has 136 valence electrons. The molecule has 0 fully saturated rings. The lowest BCUT2D eigenvalue weighted by molar-refractivity contribution is 0.0803. The summed E-state index contributed by atoms with van der Waals surface area (Å²) in [6, 6.07) is 8.03. The van der Waals surface area contributed by atoms with E-state index in [1.165, 1.54) is 17.4 Å². The third kappa shape index (κ3) is 4.01. The van der Waals surface area contributed by atoms with E-state index in [1.807, 2.05) is 0 Å². The highest BCUT2D eigenvalue weighted by Crippen LogP contribution is 2.37. The van der Waals surface area contributed by atoms with Gasteiger partial charge in [-0.3, -0.25) is 4.79 Å². The van der Waals surface area contributed by atoms with Gasteiger partial charge in [0.05, 0.1) is 24.0 Å². The molecule has 1 aromatic carbocycles. The van der Waals surface area contributed by atoms with Crippen molar-refractivity contribution in [3.63, 3.8) is 0 Å². The lowest BCUT2D eigenvalue weighted by atomic mass is 10.2. The number of nitrogens with zero attached hydrogens (tertiary/aromatic N) is 1. The van der Waals surface area contributed by atoms with Gasteiger partial charge in [-0.25, -0.2) is 9.37 Å². The van der Waals surface area contributed by atoms with Crippen molar-refractivity contribution in [3.05, 3.63) is 52.4 Å². The first kappa shape index (κ1) is 18.7. The van der Waals surface area contributed by atoms with Crippen LogP contribution in [0.1, 0.15) is 10.4 Å². The molecule has 9 heteroatoms. The van der Waals surface area contributed by atoms with E-state index in [-0.39, 0.29) is 12.2 Å². The molecule has 0 saturated heterocycles. The Kier molecular flexibility index (Phi) is 5.82. The summed E-state index contributed by atoms with van der Waals surface area (Å²) in [5.74, 6) is -0.913. The molecule has 0 spiro atoms. The van der Waals surface area contributed by atoms with Crippen molar-refractivity contribution in [2.45, 2.75) is 6.10 Å². The van der Waals surface area contributed by atoms with Crippen molar-refractivity contribution >= 4 is 54.1 Å². The number of nitrogens with one attached hydrogen (secondary N) is 2. The number of hydrogen-bond donors (Lipinski definition) is 4. The Balaban J connectivity index is 1.97. The van der Waals surface area contributed by atoms with Gasteiger partial charge in [-0.1, -0.05) is 27.3 Å². The fourth-order valence-electron chi connectivity index (χ4n) is 2.32. The maximum atomic E-state index is 14.2. The van der Waals surface area contributed by atoms with Gasteiger partial charge in [0.25, 0.3) is 5.91 Å². The first-order chi connectivity index (χ1) is 12.5. The molecule has 0 aliphatic rings. The number of halogens is 2.